The largest absolute Gasteiger partial charge is 0.433 e. The Morgan fingerprint density at radius 2 is 1.43 bits per heavy atom. The number of nitrogens with zero attached hydrogens (tertiary/aromatic N) is 4. The maximum absolute atomic E-state index is 14.4. The summed E-state index contributed by atoms with van der Waals surface area (Å²) in [4.78, 5) is 0. The van der Waals surface area contributed by atoms with Gasteiger partial charge in [-0.15, -0.1) is 5.10 Å². The Morgan fingerprint density at radius 1 is 0.786 bits per heavy atom. The van der Waals surface area contributed by atoms with Gasteiger partial charge in [-0.25, -0.2) is 4.39 Å². The monoisotopic (exact) mass is 382 g/mol. The van der Waals surface area contributed by atoms with Gasteiger partial charge >= 0.3 is 6.61 Å². The molecule has 0 bridgehead atoms. The van der Waals surface area contributed by atoms with Crippen LogP contribution in [-0.2, 0) is 0 Å². The van der Waals surface area contributed by atoms with Crippen molar-refractivity contribution < 1.29 is 17.9 Å². The number of hydrogen-bond acceptors (Lipinski definition) is 4. The molecule has 4 rings (SSSR count). The highest BCUT2D eigenvalue weighted by atomic mass is 19.3. The summed E-state index contributed by atoms with van der Waals surface area (Å²) in [6.45, 7) is -2.99. The summed E-state index contributed by atoms with van der Waals surface area (Å²) in [5, 5.41) is 11.6. The van der Waals surface area contributed by atoms with Gasteiger partial charge in [-0.05, 0) is 34.2 Å². The molecule has 4 aromatic rings. The molecule has 0 saturated heterocycles. The van der Waals surface area contributed by atoms with Crippen LogP contribution in [0.15, 0.2) is 72.8 Å². The summed E-state index contributed by atoms with van der Waals surface area (Å²) in [6, 6.07) is 19.5. The molecule has 8 heteroatoms. The SMILES string of the molecule is Fc1ccccc1-c1ccccc1-c1nnnn1-c1ccccc1OC(F)F. The molecule has 0 saturated carbocycles. The van der Waals surface area contributed by atoms with Crippen molar-refractivity contribution in [2.75, 3.05) is 0 Å². The Hall–Kier alpha value is -3.68. The molecule has 0 amide bonds. The summed E-state index contributed by atoms with van der Waals surface area (Å²) >= 11 is 0. The van der Waals surface area contributed by atoms with Crippen molar-refractivity contribution in [1.82, 2.24) is 20.2 Å². The first-order valence-corrected chi connectivity index (χ1v) is 8.32. The van der Waals surface area contributed by atoms with Crippen LogP contribution in [-0.4, -0.2) is 26.8 Å². The van der Waals surface area contributed by atoms with Gasteiger partial charge in [0.2, 0.25) is 0 Å². The lowest BCUT2D eigenvalue weighted by atomic mass is 9.98. The number of benzene rings is 3. The van der Waals surface area contributed by atoms with Crippen molar-refractivity contribution in [3.8, 4) is 34.0 Å². The highest BCUT2D eigenvalue weighted by molar-refractivity contribution is 5.81. The molecule has 0 unspecified atom stereocenters. The Bertz CT molecular complexity index is 1110. The minimum absolute atomic E-state index is 0.0746. The standard InChI is InChI=1S/C20H13F3N4O/c21-16-10-4-3-8-14(16)13-7-1-2-9-15(13)19-24-25-26-27(19)17-11-5-6-12-18(17)28-20(22)23/h1-12,20H. The van der Waals surface area contributed by atoms with Crippen LogP contribution in [0.1, 0.15) is 0 Å². The van der Waals surface area contributed by atoms with Crippen LogP contribution in [0.25, 0.3) is 28.2 Å². The first-order chi connectivity index (χ1) is 13.6. The van der Waals surface area contributed by atoms with E-state index in [0.717, 1.165) is 0 Å². The van der Waals surface area contributed by atoms with Crippen LogP contribution < -0.4 is 4.74 Å². The Morgan fingerprint density at radius 3 is 2.18 bits per heavy atom. The molecular formula is C20H13F3N4O. The van der Waals surface area contributed by atoms with E-state index in [1.165, 1.54) is 16.8 Å². The zero-order valence-corrected chi connectivity index (χ0v) is 14.3. The fourth-order valence-electron chi connectivity index (χ4n) is 2.94. The minimum Gasteiger partial charge on any atom is -0.433 e. The van der Waals surface area contributed by atoms with Crippen LogP contribution >= 0.6 is 0 Å². The topological polar surface area (TPSA) is 52.8 Å². The lowest BCUT2D eigenvalue weighted by molar-refractivity contribution is -0.0499. The normalized spacial score (nSPS) is 11.0. The smallest absolute Gasteiger partial charge is 0.387 e. The summed E-state index contributed by atoms with van der Waals surface area (Å²) in [7, 11) is 0. The van der Waals surface area contributed by atoms with Gasteiger partial charge in [0.15, 0.2) is 11.6 Å². The molecule has 0 aliphatic carbocycles. The molecule has 140 valence electrons. The number of alkyl halides is 2. The molecule has 1 aromatic heterocycles. The Labute approximate surface area is 158 Å². The summed E-state index contributed by atoms with van der Waals surface area (Å²) in [5.74, 6) is -0.200. The van der Waals surface area contributed by atoms with E-state index in [9.17, 15) is 13.2 Å². The van der Waals surface area contributed by atoms with Gasteiger partial charge < -0.3 is 4.74 Å². The maximum atomic E-state index is 14.4. The molecule has 5 nitrogen and oxygen atoms in total. The van der Waals surface area contributed by atoms with E-state index < -0.39 is 12.4 Å². The van der Waals surface area contributed by atoms with Crippen molar-refractivity contribution in [3.05, 3.63) is 78.6 Å². The van der Waals surface area contributed by atoms with Crippen LogP contribution in [0.4, 0.5) is 13.2 Å². The third-order valence-electron chi connectivity index (χ3n) is 4.11. The molecule has 0 fully saturated rings. The number of ether oxygens (including phenoxy) is 1. The fraction of sp³-hybridized carbons (Fsp3) is 0.0500. The van der Waals surface area contributed by atoms with Gasteiger partial charge in [0, 0.05) is 11.1 Å². The van der Waals surface area contributed by atoms with Gasteiger partial charge in [-0.3, -0.25) is 0 Å². The Balaban J connectivity index is 1.88. The van der Waals surface area contributed by atoms with E-state index in [0.29, 0.717) is 16.7 Å². The van der Waals surface area contributed by atoms with Gasteiger partial charge in [0.25, 0.3) is 0 Å². The average Bonchev–Trinajstić information content (AvgIpc) is 3.18. The fourth-order valence-corrected chi connectivity index (χ4v) is 2.94. The zero-order valence-electron chi connectivity index (χ0n) is 14.3. The zero-order chi connectivity index (χ0) is 19.5. The van der Waals surface area contributed by atoms with Crippen molar-refractivity contribution in [1.29, 1.82) is 0 Å². The maximum Gasteiger partial charge on any atom is 0.387 e. The molecular weight excluding hydrogens is 369 g/mol. The summed E-state index contributed by atoms with van der Waals surface area (Å²) < 4.78 is 45.8. The third-order valence-corrected chi connectivity index (χ3v) is 4.11. The quantitative estimate of drug-likeness (QED) is 0.500. The molecule has 1 heterocycles. The Kier molecular flexibility index (Phi) is 4.76. The molecule has 0 N–H and O–H groups in total. The van der Waals surface area contributed by atoms with Gasteiger partial charge in [0.1, 0.15) is 11.5 Å². The van der Waals surface area contributed by atoms with E-state index in [4.69, 9.17) is 0 Å². The van der Waals surface area contributed by atoms with Crippen molar-refractivity contribution >= 4 is 0 Å². The second kappa shape index (κ2) is 7.51. The predicted molar refractivity (Wildman–Crippen MR) is 96.6 cm³/mol. The first kappa shape index (κ1) is 17.7. The van der Waals surface area contributed by atoms with Crippen molar-refractivity contribution in [2.24, 2.45) is 0 Å². The third kappa shape index (κ3) is 3.32. The van der Waals surface area contributed by atoms with Gasteiger partial charge in [0.05, 0.1) is 0 Å². The van der Waals surface area contributed by atoms with E-state index in [1.807, 2.05) is 0 Å². The highest BCUT2D eigenvalue weighted by Crippen LogP contribution is 2.34. The van der Waals surface area contributed by atoms with E-state index in [1.54, 1.807) is 60.7 Å². The molecule has 0 atom stereocenters. The van der Waals surface area contributed by atoms with E-state index in [-0.39, 0.29) is 17.3 Å². The van der Waals surface area contributed by atoms with Gasteiger partial charge in [-0.1, -0.05) is 54.6 Å². The molecule has 3 aromatic carbocycles. The first-order valence-electron chi connectivity index (χ1n) is 8.32. The van der Waals surface area contributed by atoms with E-state index in [2.05, 4.69) is 20.3 Å². The average molecular weight is 382 g/mol. The molecule has 0 radical (unpaired) electrons. The summed E-state index contributed by atoms with van der Waals surface area (Å²) in [5.41, 5.74) is 1.74. The van der Waals surface area contributed by atoms with Crippen molar-refractivity contribution in [3.63, 3.8) is 0 Å². The van der Waals surface area contributed by atoms with Crippen LogP contribution in [0.2, 0.25) is 0 Å². The summed E-state index contributed by atoms with van der Waals surface area (Å²) in [6.07, 6.45) is 0. The molecule has 0 aliphatic heterocycles. The number of rotatable bonds is 5. The second-order valence-electron chi connectivity index (χ2n) is 5.79. The lowest BCUT2D eigenvalue weighted by Crippen LogP contribution is -2.08. The van der Waals surface area contributed by atoms with Crippen molar-refractivity contribution in [2.45, 2.75) is 6.61 Å². The van der Waals surface area contributed by atoms with Crippen LogP contribution in [0.5, 0.6) is 5.75 Å². The molecule has 0 aliphatic rings. The second-order valence-corrected chi connectivity index (χ2v) is 5.79. The number of aromatic nitrogens is 4. The van der Waals surface area contributed by atoms with E-state index >= 15 is 0 Å². The van der Waals surface area contributed by atoms with Crippen LogP contribution in [0, 0.1) is 5.82 Å². The lowest BCUT2D eigenvalue weighted by Gasteiger charge is -2.13. The van der Waals surface area contributed by atoms with Gasteiger partial charge in [-0.2, -0.15) is 13.5 Å². The van der Waals surface area contributed by atoms with Crippen LogP contribution in [0.3, 0.4) is 0 Å². The highest BCUT2D eigenvalue weighted by Gasteiger charge is 2.20. The number of halogens is 3. The predicted octanol–water partition coefficient (Wildman–Crippen LogP) is 4.74. The number of tetrazole rings is 1. The molecule has 28 heavy (non-hydrogen) atoms. The minimum atomic E-state index is -2.99. The number of para-hydroxylation sites is 2. The number of hydrogen-bond donors (Lipinski definition) is 0. The molecule has 0 spiro atoms.